The van der Waals surface area contributed by atoms with Gasteiger partial charge in [-0.05, 0) is 0 Å². The summed E-state index contributed by atoms with van der Waals surface area (Å²) in [4.78, 5) is 34.6. The molecular formula is C18H34N6O3. The van der Waals surface area contributed by atoms with Crippen LogP contribution >= 0.6 is 0 Å². The Labute approximate surface area is 162 Å². The molecule has 0 spiro atoms. The Bertz CT molecular complexity index is 511. The van der Waals surface area contributed by atoms with Crippen molar-refractivity contribution < 1.29 is 14.3 Å². The van der Waals surface area contributed by atoms with Crippen LogP contribution in [0.2, 0.25) is 0 Å². The molecule has 2 fully saturated rings. The molecule has 154 valence electrons. The maximum absolute atomic E-state index is 12.4. The number of ether oxygens (including phenoxy) is 1. The van der Waals surface area contributed by atoms with Gasteiger partial charge in [0.2, 0.25) is 11.8 Å². The molecule has 2 rings (SSSR count). The Morgan fingerprint density at radius 1 is 0.963 bits per heavy atom. The van der Waals surface area contributed by atoms with Crippen LogP contribution in [0.1, 0.15) is 13.8 Å². The predicted molar refractivity (Wildman–Crippen MR) is 105 cm³/mol. The van der Waals surface area contributed by atoms with Gasteiger partial charge in [-0.15, -0.1) is 0 Å². The van der Waals surface area contributed by atoms with Crippen LogP contribution in [0.3, 0.4) is 0 Å². The molecule has 2 amide bonds. The van der Waals surface area contributed by atoms with Crippen molar-refractivity contribution in [1.82, 2.24) is 25.3 Å². The molecule has 0 unspecified atom stereocenters. The number of piperazine rings is 1. The van der Waals surface area contributed by atoms with E-state index in [1.165, 1.54) is 0 Å². The summed E-state index contributed by atoms with van der Waals surface area (Å²) in [5.41, 5.74) is 0. The van der Waals surface area contributed by atoms with Crippen molar-refractivity contribution in [2.75, 3.05) is 79.2 Å². The molecule has 27 heavy (non-hydrogen) atoms. The van der Waals surface area contributed by atoms with Crippen molar-refractivity contribution in [2.24, 2.45) is 10.9 Å². The van der Waals surface area contributed by atoms with Crippen molar-refractivity contribution in [3.8, 4) is 0 Å². The highest BCUT2D eigenvalue weighted by molar-refractivity contribution is 5.81. The molecule has 0 aliphatic carbocycles. The number of aliphatic imine (C=N–C) groups is 1. The quantitative estimate of drug-likeness (QED) is 0.341. The van der Waals surface area contributed by atoms with E-state index in [1.807, 2.05) is 18.7 Å². The minimum Gasteiger partial charge on any atom is -0.378 e. The van der Waals surface area contributed by atoms with Crippen LogP contribution < -0.4 is 10.6 Å². The second-order valence-corrected chi connectivity index (χ2v) is 7.18. The fourth-order valence-electron chi connectivity index (χ4n) is 3.12. The van der Waals surface area contributed by atoms with Crippen LogP contribution in [0.5, 0.6) is 0 Å². The minimum absolute atomic E-state index is 0.00226. The third kappa shape index (κ3) is 6.99. The van der Waals surface area contributed by atoms with Crippen molar-refractivity contribution in [2.45, 2.75) is 13.8 Å². The lowest BCUT2D eigenvalue weighted by Gasteiger charge is -2.37. The minimum atomic E-state index is -0.00226. The summed E-state index contributed by atoms with van der Waals surface area (Å²) in [7, 11) is 1.77. The molecule has 2 saturated heterocycles. The van der Waals surface area contributed by atoms with Crippen molar-refractivity contribution >= 4 is 17.8 Å². The van der Waals surface area contributed by atoms with Crippen LogP contribution in [0.15, 0.2) is 4.99 Å². The molecule has 0 aromatic rings. The van der Waals surface area contributed by atoms with Crippen LogP contribution in [0.4, 0.5) is 0 Å². The van der Waals surface area contributed by atoms with Gasteiger partial charge in [0.1, 0.15) is 0 Å². The monoisotopic (exact) mass is 382 g/mol. The maximum Gasteiger partial charge on any atom is 0.236 e. The topological polar surface area (TPSA) is 89.5 Å². The van der Waals surface area contributed by atoms with Gasteiger partial charge in [0, 0.05) is 65.3 Å². The third-order valence-corrected chi connectivity index (χ3v) is 4.84. The molecule has 2 heterocycles. The van der Waals surface area contributed by atoms with Gasteiger partial charge in [-0.1, -0.05) is 13.8 Å². The second kappa shape index (κ2) is 11.1. The number of carbonyl (C=O) groups excluding carboxylic acids is 2. The number of rotatable bonds is 6. The zero-order valence-corrected chi connectivity index (χ0v) is 16.9. The molecule has 9 heteroatoms. The Morgan fingerprint density at radius 3 is 2.19 bits per heavy atom. The van der Waals surface area contributed by atoms with Crippen LogP contribution in [-0.4, -0.2) is 112 Å². The molecule has 2 aliphatic rings. The molecule has 0 bridgehead atoms. The smallest absolute Gasteiger partial charge is 0.236 e. The number of nitrogens with one attached hydrogen (secondary N) is 2. The highest BCUT2D eigenvalue weighted by Gasteiger charge is 2.24. The fraction of sp³-hybridized carbons (Fsp3) is 0.833. The summed E-state index contributed by atoms with van der Waals surface area (Å²) >= 11 is 0. The summed E-state index contributed by atoms with van der Waals surface area (Å²) in [6, 6.07) is 0. The van der Waals surface area contributed by atoms with Crippen molar-refractivity contribution in [3.63, 3.8) is 0 Å². The first kappa shape index (κ1) is 21.4. The number of hydrogen-bond acceptors (Lipinski definition) is 5. The van der Waals surface area contributed by atoms with E-state index in [9.17, 15) is 9.59 Å². The van der Waals surface area contributed by atoms with Crippen molar-refractivity contribution in [1.29, 1.82) is 0 Å². The molecule has 9 nitrogen and oxygen atoms in total. The van der Waals surface area contributed by atoms with E-state index >= 15 is 0 Å². The van der Waals surface area contributed by atoms with Gasteiger partial charge in [-0.3, -0.25) is 19.5 Å². The normalized spacial score (nSPS) is 19.3. The summed E-state index contributed by atoms with van der Waals surface area (Å²) < 4.78 is 5.30. The molecule has 0 aromatic heterocycles. The molecule has 2 aliphatic heterocycles. The van der Waals surface area contributed by atoms with E-state index in [2.05, 4.69) is 25.4 Å². The number of nitrogens with zero attached hydrogens (tertiary/aromatic N) is 4. The highest BCUT2D eigenvalue weighted by atomic mass is 16.5. The first-order valence-corrected chi connectivity index (χ1v) is 9.82. The summed E-state index contributed by atoms with van der Waals surface area (Å²) in [5.74, 6) is 1.09. The molecule has 0 radical (unpaired) electrons. The Balaban J connectivity index is 1.67. The molecule has 0 atom stereocenters. The van der Waals surface area contributed by atoms with E-state index < -0.39 is 0 Å². The number of morpholine rings is 1. The number of carbonyl (C=O) groups is 2. The van der Waals surface area contributed by atoms with E-state index in [-0.39, 0.29) is 17.7 Å². The highest BCUT2D eigenvalue weighted by Crippen LogP contribution is 2.05. The zero-order valence-electron chi connectivity index (χ0n) is 16.9. The summed E-state index contributed by atoms with van der Waals surface area (Å²) in [5, 5.41) is 6.18. The second-order valence-electron chi connectivity index (χ2n) is 7.18. The third-order valence-electron chi connectivity index (χ3n) is 4.84. The summed E-state index contributed by atoms with van der Waals surface area (Å²) in [6.45, 7) is 11.4. The van der Waals surface area contributed by atoms with Crippen molar-refractivity contribution in [3.05, 3.63) is 0 Å². The first-order valence-electron chi connectivity index (χ1n) is 9.82. The lowest BCUT2D eigenvalue weighted by atomic mass is 10.2. The average Bonchev–Trinajstić information content (AvgIpc) is 2.69. The number of amides is 2. The number of hydrogen-bond donors (Lipinski definition) is 2. The first-order chi connectivity index (χ1) is 13.0. The van der Waals surface area contributed by atoms with E-state index in [0.717, 1.165) is 32.1 Å². The number of guanidine groups is 1. The summed E-state index contributed by atoms with van der Waals surface area (Å²) in [6.07, 6.45) is 0. The van der Waals surface area contributed by atoms with Gasteiger partial charge in [-0.2, -0.15) is 0 Å². The predicted octanol–water partition coefficient (Wildman–Crippen LogP) is -1.19. The lowest BCUT2D eigenvalue weighted by molar-refractivity contribution is -0.136. The molecular weight excluding hydrogens is 348 g/mol. The van der Waals surface area contributed by atoms with Gasteiger partial charge in [0.25, 0.3) is 0 Å². The molecule has 0 aromatic carbocycles. The Kier molecular flexibility index (Phi) is 8.80. The zero-order chi connectivity index (χ0) is 19.6. The lowest BCUT2D eigenvalue weighted by Crippen LogP contribution is -2.55. The van der Waals surface area contributed by atoms with Gasteiger partial charge in [-0.25, -0.2) is 0 Å². The molecule has 0 saturated carbocycles. The SMILES string of the molecule is CN=C(NCCNC(=O)C(C)C)N1CCN(CC(=O)N2CCOCC2)CC1. The standard InChI is InChI=1S/C18H34N6O3/c1-15(2)17(26)20-4-5-21-18(19-3)24-8-6-22(7-9-24)14-16(25)23-10-12-27-13-11-23/h15H,4-14H2,1-3H3,(H,19,21)(H,20,26). The maximum atomic E-state index is 12.4. The van der Waals surface area contributed by atoms with Crippen LogP contribution in [-0.2, 0) is 14.3 Å². The van der Waals surface area contributed by atoms with E-state index in [0.29, 0.717) is 45.9 Å². The van der Waals surface area contributed by atoms with Gasteiger partial charge in [0.05, 0.1) is 19.8 Å². The molecule has 2 N–H and O–H groups in total. The fourth-order valence-corrected chi connectivity index (χ4v) is 3.12. The van der Waals surface area contributed by atoms with Crippen LogP contribution in [0.25, 0.3) is 0 Å². The average molecular weight is 383 g/mol. The Hall–Kier alpha value is -1.87. The van der Waals surface area contributed by atoms with Gasteiger partial charge >= 0.3 is 0 Å². The van der Waals surface area contributed by atoms with Gasteiger partial charge in [0.15, 0.2) is 5.96 Å². The van der Waals surface area contributed by atoms with E-state index in [4.69, 9.17) is 4.74 Å². The largest absolute Gasteiger partial charge is 0.378 e. The van der Waals surface area contributed by atoms with Crippen LogP contribution in [0, 0.1) is 5.92 Å². The van der Waals surface area contributed by atoms with Gasteiger partial charge < -0.3 is 25.2 Å². The Morgan fingerprint density at radius 2 is 1.59 bits per heavy atom. The van der Waals surface area contributed by atoms with E-state index in [1.54, 1.807) is 7.05 Å².